The van der Waals surface area contributed by atoms with Crippen molar-refractivity contribution in [1.82, 2.24) is 0 Å². The molecule has 0 amide bonds. The summed E-state index contributed by atoms with van der Waals surface area (Å²) in [5.41, 5.74) is 1.61. The quantitative estimate of drug-likeness (QED) is 0.540. The first-order valence-corrected chi connectivity index (χ1v) is 6.55. The van der Waals surface area contributed by atoms with E-state index in [0.29, 0.717) is 5.92 Å². The molecule has 1 fully saturated rings. The van der Waals surface area contributed by atoms with Crippen LogP contribution < -0.4 is 0 Å². The molecule has 3 atom stereocenters. The lowest BCUT2D eigenvalue weighted by Crippen LogP contribution is -2.30. The van der Waals surface area contributed by atoms with Crippen molar-refractivity contribution in [3.8, 4) is 0 Å². The van der Waals surface area contributed by atoms with Crippen LogP contribution in [0.5, 0.6) is 0 Å². The maximum absolute atomic E-state index is 11.1. The smallest absolute Gasteiger partial charge is 0.302 e. The molecule has 0 spiro atoms. The molecule has 3 unspecified atom stereocenters. The molecule has 2 aliphatic carbocycles. The molecule has 2 heteroatoms. The number of carbonyl (C=O) groups is 1. The monoisotopic (exact) mass is 222 g/mol. The first-order chi connectivity index (χ1) is 7.69. The van der Waals surface area contributed by atoms with E-state index in [0.717, 1.165) is 12.3 Å². The highest BCUT2D eigenvalue weighted by Crippen LogP contribution is 2.40. The zero-order valence-electron chi connectivity index (χ0n) is 10.4. The van der Waals surface area contributed by atoms with Gasteiger partial charge >= 0.3 is 5.97 Å². The van der Waals surface area contributed by atoms with E-state index in [1.807, 2.05) is 0 Å². The Bertz CT molecular complexity index is 293. The van der Waals surface area contributed by atoms with Crippen LogP contribution in [0.3, 0.4) is 0 Å². The van der Waals surface area contributed by atoms with Crippen LogP contribution in [0.25, 0.3) is 0 Å². The highest BCUT2D eigenvalue weighted by molar-refractivity contribution is 5.66. The van der Waals surface area contributed by atoms with Crippen LogP contribution >= 0.6 is 0 Å². The third-order valence-electron chi connectivity index (χ3n) is 3.91. The molecule has 0 saturated heterocycles. The van der Waals surface area contributed by atoms with Gasteiger partial charge in [-0.2, -0.15) is 0 Å². The van der Waals surface area contributed by atoms with Gasteiger partial charge in [-0.25, -0.2) is 0 Å². The van der Waals surface area contributed by atoms with Crippen molar-refractivity contribution >= 4 is 5.97 Å². The third-order valence-corrected chi connectivity index (χ3v) is 3.91. The van der Waals surface area contributed by atoms with Gasteiger partial charge in [-0.1, -0.05) is 18.6 Å². The van der Waals surface area contributed by atoms with Gasteiger partial charge in [0.15, 0.2) is 0 Å². The maximum Gasteiger partial charge on any atom is 0.302 e. The first-order valence-electron chi connectivity index (χ1n) is 6.55. The molecule has 0 aromatic carbocycles. The number of ether oxygens (including phenoxy) is 1. The average molecular weight is 222 g/mol. The second-order valence-corrected chi connectivity index (χ2v) is 5.24. The number of hydrogen-bond acceptors (Lipinski definition) is 2. The van der Waals surface area contributed by atoms with E-state index in [-0.39, 0.29) is 12.1 Å². The van der Waals surface area contributed by atoms with Crippen LogP contribution in [-0.4, -0.2) is 12.1 Å². The largest absolute Gasteiger partial charge is 0.462 e. The second-order valence-electron chi connectivity index (χ2n) is 5.24. The Morgan fingerprint density at radius 3 is 3.06 bits per heavy atom. The Kier molecular flexibility index (Phi) is 3.67. The van der Waals surface area contributed by atoms with Gasteiger partial charge in [-0.3, -0.25) is 4.79 Å². The molecule has 0 radical (unpaired) electrons. The van der Waals surface area contributed by atoms with E-state index in [2.05, 4.69) is 13.0 Å². The Morgan fingerprint density at radius 1 is 1.62 bits per heavy atom. The Morgan fingerprint density at radius 2 is 2.44 bits per heavy atom. The highest BCUT2D eigenvalue weighted by atomic mass is 16.5. The van der Waals surface area contributed by atoms with Gasteiger partial charge in [0.1, 0.15) is 6.10 Å². The summed E-state index contributed by atoms with van der Waals surface area (Å²) in [7, 11) is 0. The fraction of sp³-hybridized carbons (Fsp3) is 0.786. The van der Waals surface area contributed by atoms with Crippen molar-refractivity contribution < 1.29 is 9.53 Å². The molecular weight excluding hydrogens is 200 g/mol. The molecule has 2 nitrogen and oxygen atoms in total. The van der Waals surface area contributed by atoms with Crippen molar-refractivity contribution in [2.75, 3.05) is 0 Å². The molecule has 16 heavy (non-hydrogen) atoms. The average Bonchev–Trinajstić information content (AvgIpc) is 2.25. The van der Waals surface area contributed by atoms with Gasteiger partial charge in [-0.05, 0) is 44.4 Å². The van der Waals surface area contributed by atoms with Crippen molar-refractivity contribution in [3.63, 3.8) is 0 Å². The minimum Gasteiger partial charge on any atom is -0.462 e. The fourth-order valence-corrected chi connectivity index (χ4v) is 3.25. The van der Waals surface area contributed by atoms with Crippen LogP contribution in [0.4, 0.5) is 0 Å². The summed E-state index contributed by atoms with van der Waals surface area (Å²) < 4.78 is 5.42. The predicted octanol–water partition coefficient (Wildman–Crippen LogP) is 3.46. The van der Waals surface area contributed by atoms with Crippen LogP contribution in [0.2, 0.25) is 0 Å². The van der Waals surface area contributed by atoms with E-state index < -0.39 is 0 Å². The van der Waals surface area contributed by atoms with Crippen LogP contribution in [0.15, 0.2) is 11.6 Å². The third kappa shape index (κ3) is 2.66. The maximum atomic E-state index is 11.1. The molecule has 2 aliphatic rings. The van der Waals surface area contributed by atoms with E-state index in [4.69, 9.17) is 4.74 Å². The molecule has 2 bridgehead atoms. The van der Waals surface area contributed by atoms with E-state index in [1.165, 1.54) is 39.0 Å². The molecule has 90 valence electrons. The SMILES string of the molecule is CCC(OC(C)=O)C1C=C2CCCC(C2)C1. The normalized spacial score (nSPS) is 30.5. The van der Waals surface area contributed by atoms with E-state index in [9.17, 15) is 4.79 Å². The Hall–Kier alpha value is -0.790. The van der Waals surface area contributed by atoms with Crippen LogP contribution in [0, 0.1) is 11.8 Å². The number of fused-ring (bicyclic) bond motifs is 2. The summed E-state index contributed by atoms with van der Waals surface area (Å²) >= 11 is 0. The Labute approximate surface area is 98.1 Å². The van der Waals surface area contributed by atoms with E-state index >= 15 is 0 Å². The fourth-order valence-electron chi connectivity index (χ4n) is 3.25. The second kappa shape index (κ2) is 5.03. The lowest BCUT2D eigenvalue weighted by molar-refractivity contribution is -0.148. The topological polar surface area (TPSA) is 26.3 Å². The standard InChI is InChI=1S/C14H22O2/c1-3-14(16-10(2)15)13-8-11-5-4-6-12(7-11)9-13/h8,12-14H,3-7,9H2,1-2H3. The van der Waals surface area contributed by atoms with Gasteiger partial charge in [0.05, 0.1) is 0 Å². The van der Waals surface area contributed by atoms with Gasteiger partial charge in [0.25, 0.3) is 0 Å². The van der Waals surface area contributed by atoms with E-state index in [1.54, 1.807) is 5.57 Å². The summed E-state index contributed by atoms with van der Waals surface area (Å²) in [5.74, 6) is 1.19. The van der Waals surface area contributed by atoms with Crippen molar-refractivity contribution in [2.24, 2.45) is 11.8 Å². The van der Waals surface area contributed by atoms with Crippen molar-refractivity contribution in [1.29, 1.82) is 0 Å². The summed E-state index contributed by atoms with van der Waals surface area (Å²) in [4.78, 5) is 11.1. The van der Waals surface area contributed by atoms with Gasteiger partial charge in [-0.15, -0.1) is 0 Å². The molecule has 0 aromatic rings. The number of rotatable bonds is 3. The molecule has 0 aromatic heterocycles. The molecule has 0 N–H and O–H groups in total. The summed E-state index contributed by atoms with van der Waals surface area (Å²) in [5, 5.41) is 0. The zero-order valence-corrected chi connectivity index (χ0v) is 10.4. The lowest BCUT2D eigenvalue weighted by Gasteiger charge is -2.35. The first kappa shape index (κ1) is 11.7. The number of carbonyl (C=O) groups excluding carboxylic acids is 1. The molecule has 1 saturated carbocycles. The van der Waals surface area contributed by atoms with Crippen molar-refractivity contribution in [2.45, 2.75) is 58.5 Å². The van der Waals surface area contributed by atoms with Gasteiger partial charge < -0.3 is 4.74 Å². The predicted molar refractivity (Wildman–Crippen MR) is 64.0 cm³/mol. The minimum atomic E-state index is -0.138. The highest BCUT2D eigenvalue weighted by Gasteiger charge is 2.30. The molecular formula is C14H22O2. The Balaban J connectivity index is 2.05. The molecule has 0 heterocycles. The number of hydrogen-bond donors (Lipinski definition) is 0. The summed E-state index contributed by atoms with van der Waals surface area (Å²) in [6.07, 6.45) is 9.94. The zero-order chi connectivity index (χ0) is 11.5. The number of esters is 1. The van der Waals surface area contributed by atoms with Crippen molar-refractivity contribution in [3.05, 3.63) is 11.6 Å². The minimum absolute atomic E-state index is 0.105. The molecule has 0 aliphatic heterocycles. The van der Waals surface area contributed by atoms with Gasteiger partial charge in [0.2, 0.25) is 0 Å². The summed E-state index contributed by atoms with van der Waals surface area (Å²) in [6, 6.07) is 0. The lowest BCUT2D eigenvalue weighted by atomic mass is 9.72. The van der Waals surface area contributed by atoms with Gasteiger partial charge in [0, 0.05) is 12.8 Å². The summed E-state index contributed by atoms with van der Waals surface area (Å²) in [6.45, 7) is 3.62. The molecule has 2 rings (SSSR count). The van der Waals surface area contributed by atoms with Crippen LogP contribution in [0.1, 0.15) is 52.4 Å². The number of allylic oxidation sites excluding steroid dienone is 1. The van der Waals surface area contributed by atoms with Crippen LogP contribution in [-0.2, 0) is 9.53 Å².